The Morgan fingerprint density at radius 2 is 2.19 bits per heavy atom. The summed E-state index contributed by atoms with van der Waals surface area (Å²) in [4.78, 5) is 21.4. The zero-order valence-corrected chi connectivity index (χ0v) is 12.8. The number of imidazole rings is 1. The smallest absolute Gasteiger partial charge is 0.240 e. The lowest BCUT2D eigenvalue weighted by atomic mass is 10.1. The van der Waals surface area contributed by atoms with E-state index in [4.69, 9.17) is 0 Å². The molecule has 116 valence electrons. The molecule has 6 heteroatoms. The first kappa shape index (κ1) is 14.5. The molecule has 1 aromatic heterocycles. The number of carbonyl (C=O) groups excluding carboxylic acids is 1. The van der Waals surface area contributed by atoms with Crippen LogP contribution in [0.5, 0.6) is 0 Å². The van der Waals surface area contributed by atoms with Crippen molar-refractivity contribution in [2.75, 3.05) is 39.3 Å². The number of carbonyl (C=O) groups is 1. The van der Waals surface area contributed by atoms with E-state index < -0.39 is 0 Å². The van der Waals surface area contributed by atoms with Crippen molar-refractivity contribution in [3.8, 4) is 0 Å². The molecule has 0 radical (unpaired) electrons. The van der Waals surface area contributed by atoms with Gasteiger partial charge in [0, 0.05) is 58.6 Å². The molecule has 1 unspecified atom stereocenters. The summed E-state index contributed by atoms with van der Waals surface area (Å²) in [6.07, 6.45) is 6.85. The molecule has 1 amide bonds. The van der Waals surface area contributed by atoms with Gasteiger partial charge >= 0.3 is 0 Å². The Morgan fingerprint density at radius 3 is 2.90 bits per heavy atom. The number of likely N-dealkylation sites (tertiary alicyclic amines) is 1. The largest absolute Gasteiger partial charge is 0.339 e. The molecule has 0 saturated carbocycles. The highest BCUT2D eigenvalue weighted by Gasteiger charge is 2.33. The van der Waals surface area contributed by atoms with Crippen LogP contribution in [0.2, 0.25) is 0 Å². The third-order valence-corrected chi connectivity index (χ3v) is 4.62. The van der Waals surface area contributed by atoms with Gasteiger partial charge in [-0.05, 0) is 19.4 Å². The van der Waals surface area contributed by atoms with Crippen molar-refractivity contribution in [3.05, 3.63) is 18.2 Å². The van der Waals surface area contributed by atoms with Crippen LogP contribution < -0.4 is 5.32 Å². The second-order valence-corrected chi connectivity index (χ2v) is 5.97. The third kappa shape index (κ3) is 3.27. The zero-order chi connectivity index (χ0) is 14.7. The lowest BCUT2D eigenvalue weighted by molar-refractivity contribution is -0.136. The van der Waals surface area contributed by atoms with Gasteiger partial charge in [-0.1, -0.05) is 0 Å². The molecule has 0 spiro atoms. The summed E-state index contributed by atoms with van der Waals surface area (Å²) in [5.74, 6) is 1.42. The molecule has 2 fully saturated rings. The highest BCUT2D eigenvalue weighted by Crippen LogP contribution is 2.20. The first-order valence-electron chi connectivity index (χ1n) is 7.95. The van der Waals surface area contributed by atoms with E-state index in [-0.39, 0.29) is 6.04 Å². The summed E-state index contributed by atoms with van der Waals surface area (Å²) in [5, 5.41) is 3.30. The molecule has 1 aromatic rings. The summed E-state index contributed by atoms with van der Waals surface area (Å²) in [7, 11) is 2.02. The standard InChI is InChI=1S/C15H25N5O/c1-18-10-7-17-14(18)4-9-19-8-2-3-13(19)15(21)20-11-5-16-6-12-20/h7,10,13,16H,2-6,8-9,11-12H2,1H3. The number of nitrogens with one attached hydrogen (secondary N) is 1. The second kappa shape index (κ2) is 6.58. The minimum atomic E-state index is 0.0865. The first-order valence-corrected chi connectivity index (χ1v) is 7.95. The van der Waals surface area contributed by atoms with Crippen LogP contribution in [0.3, 0.4) is 0 Å². The van der Waals surface area contributed by atoms with Gasteiger partial charge in [0.05, 0.1) is 6.04 Å². The van der Waals surface area contributed by atoms with Crippen LogP contribution in [0.15, 0.2) is 12.4 Å². The summed E-state index contributed by atoms with van der Waals surface area (Å²) in [6.45, 7) is 5.50. The Kier molecular flexibility index (Phi) is 4.55. The lowest BCUT2D eigenvalue weighted by Crippen LogP contribution is -2.52. The van der Waals surface area contributed by atoms with Gasteiger partial charge in [0.25, 0.3) is 0 Å². The van der Waals surface area contributed by atoms with Crippen molar-refractivity contribution in [2.45, 2.75) is 25.3 Å². The fraction of sp³-hybridized carbons (Fsp3) is 0.733. The maximum atomic E-state index is 12.7. The average molecular weight is 291 g/mol. The molecule has 0 bridgehead atoms. The number of aryl methyl sites for hydroxylation is 1. The van der Waals surface area contributed by atoms with E-state index in [1.807, 2.05) is 24.3 Å². The van der Waals surface area contributed by atoms with Gasteiger partial charge in [-0.3, -0.25) is 9.69 Å². The van der Waals surface area contributed by atoms with Crippen LogP contribution in [0.4, 0.5) is 0 Å². The Balaban J connectivity index is 1.57. The van der Waals surface area contributed by atoms with E-state index in [0.717, 1.165) is 64.4 Å². The SMILES string of the molecule is Cn1ccnc1CCN1CCCC1C(=O)N1CCNCC1. The molecule has 21 heavy (non-hydrogen) atoms. The summed E-state index contributed by atoms with van der Waals surface area (Å²) in [5.41, 5.74) is 0. The maximum absolute atomic E-state index is 12.7. The Labute approximate surface area is 126 Å². The van der Waals surface area contributed by atoms with Gasteiger partial charge in [0.15, 0.2) is 0 Å². The van der Waals surface area contributed by atoms with E-state index in [1.54, 1.807) is 0 Å². The van der Waals surface area contributed by atoms with Gasteiger partial charge < -0.3 is 14.8 Å². The van der Waals surface area contributed by atoms with Crippen LogP contribution in [-0.2, 0) is 18.3 Å². The number of hydrogen-bond donors (Lipinski definition) is 1. The predicted octanol–water partition coefficient (Wildman–Crippen LogP) is -0.141. The average Bonchev–Trinajstić information content (AvgIpc) is 3.14. The molecule has 0 aliphatic carbocycles. The molecule has 6 nitrogen and oxygen atoms in total. The van der Waals surface area contributed by atoms with Crippen molar-refractivity contribution in [1.82, 2.24) is 24.7 Å². The van der Waals surface area contributed by atoms with E-state index >= 15 is 0 Å². The Bertz CT molecular complexity index is 480. The molecule has 3 rings (SSSR count). The second-order valence-electron chi connectivity index (χ2n) is 5.97. The summed E-state index contributed by atoms with van der Waals surface area (Å²) < 4.78 is 2.06. The van der Waals surface area contributed by atoms with Crippen LogP contribution >= 0.6 is 0 Å². The summed E-state index contributed by atoms with van der Waals surface area (Å²) >= 11 is 0. The lowest BCUT2D eigenvalue weighted by Gasteiger charge is -2.32. The van der Waals surface area contributed by atoms with Crippen LogP contribution in [0.25, 0.3) is 0 Å². The molecule has 2 saturated heterocycles. The van der Waals surface area contributed by atoms with Gasteiger partial charge in [0.2, 0.25) is 5.91 Å². The minimum absolute atomic E-state index is 0.0865. The molecule has 2 aliphatic rings. The fourth-order valence-corrected chi connectivity index (χ4v) is 3.35. The van der Waals surface area contributed by atoms with E-state index in [9.17, 15) is 4.79 Å². The van der Waals surface area contributed by atoms with Crippen molar-refractivity contribution in [1.29, 1.82) is 0 Å². The number of amides is 1. The van der Waals surface area contributed by atoms with Crippen molar-refractivity contribution in [3.63, 3.8) is 0 Å². The topological polar surface area (TPSA) is 53.4 Å². The monoisotopic (exact) mass is 291 g/mol. The highest BCUT2D eigenvalue weighted by molar-refractivity contribution is 5.82. The number of rotatable bonds is 4. The molecule has 1 atom stereocenters. The van der Waals surface area contributed by atoms with Gasteiger partial charge in [-0.25, -0.2) is 4.98 Å². The first-order chi connectivity index (χ1) is 10.3. The minimum Gasteiger partial charge on any atom is -0.339 e. The van der Waals surface area contributed by atoms with Crippen molar-refractivity contribution in [2.24, 2.45) is 7.05 Å². The van der Waals surface area contributed by atoms with E-state index in [2.05, 4.69) is 19.8 Å². The Hall–Kier alpha value is -1.40. The molecule has 3 heterocycles. The highest BCUT2D eigenvalue weighted by atomic mass is 16.2. The molecule has 1 N–H and O–H groups in total. The number of nitrogens with zero attached hydrogens (tertiary/aromatic N) is 4. The molecular weight excluding hydrogens is 266 g/mol. The van der Waals surface area contributed by atoms with E-state index in [1.165, 1.54) is 0 Å². The van der Waals surface area contributed by atoms with Gasteiger partial charge in [-0.2, -0.15) is 0 Å². The molecular formula is C15H25N5O. The van der Waals surface area contributed by atoms with Crippen LogP contribution in [0.1, 0.15) is 18.7 Å². The quantitative estimate of drug-likeness (QED) is 0.839. The fourth-order valence-electron chi connectivity index (χ4n) is 3.35. The van der Waals surface area contributed by atoms with E-state index in [0.29, 0.717) is 5.91 Å². The normalized spacial score (nSPS) is 23.7. The number of hydrogen-bond acceptors (Lipinski definition) is 4. The van der Waals surface area contributed by atoms with Gasteiger partial charge in [-0.15, -0.1) is 0 Å². The maximum Gasteiger partial charge on any atom is 0.240 e. The molecule has 2 aliphatic heterocycles. The summed E-state index contributed by atoms with van der Waals surface area (Å²) in [6, 6.07) is 0.0865. The zero-order valence-electron chi connectivity index (χ0n) is 12.8. The molecule has 0 aromatic carbocycles. The van der Waals surface area contributed by atoms with Crippen molar-refractivity contribution >= 4 is 5.91 Å². The van der Waals surface area contributed by atoms with Crippen LogP contribution in [0, 0.1) is 0 Å². The van der Waals surface area contributed by atoms with Crippen LogP contribution in [-0.4, -0.2) is 70.6 Å². The van der Waals surface area contributed by atoms with Gasteiger partial charge in [0.1, 0.15) is 5.82 Å². The predicted molar refractivity (Wildman–Crippen MR) is 81.0 cm³/mol. The van der Waals surface area contributed by atoms with Crippen molar-refractivity contribution < 1.29 is 4.79 Å². The Morgan fingerprint density at radius 1 is 1.38 bits per heavy atom. The number of aromatic nitrogens is 2. The third-order valence-electron chi connectivity index (χ3n) is 4.62. The number of piperazine rings is 1.